The second-order valence-corrected chi connectivity index (χ2v) is 6.41. The van der Waals surface area contributed by atoms with Gasteiger partial charge in [-0.2, -0.15) is 0 Å². The van der Waals surface area contributed by atoms with Crippen LogP contribution in [0.1, 0.15) is 104 Å². The lowest BCUT2D eigenvalue weighted by molar-refractivity contribution is -0.125. The van der Waals surface area contributed by atoms with E-state index in [1.165, 1.54) is 77.0 Å². The fourth-order valence-electron chi connectivity index (χ4n) is 2.65. The van der Waals surface area contributed by atoms with Crippen LogP contribution >= 0.6 is 0 Å². The van der Waals surface area contributed by atoms with Crippen LogP contribution in [0.15, 0.2) is 0 Å². The fraction of sp³-hybridized carbons (Fsp3) is 0.947. The monoisotopic (exact) mass is 312 g/mol. The molecule has 0 aliphatic carbocycles. The third-order valence-corrected chi connectivity index (χ3v) is 4.17. The summed E-state index contributed by atoms with van der Waals surface area (Å²) in [7, 11) is 0. The minimum atomic E-state index is 0.150. The third-order valence-electron chi connectivity index (χ3n) is 4.17. The molecule has 0 rings (SSSR count). The first-order chi connectivity index (χ1) is 10.7. The summed E-state index contributed by atoms with van der Waals surface area (Å²) in [4.78, 5) is 11.6. The maximum absolute atomic E-state index is 11.6. The molecule has 3 heteroatoms. The molecule has 0 unspecified atom stereocenters. The van der Waals surface area contributed by atoms with Crippen LogP contribution in [0.4, 0.5) is 0 Å². The highest BCUT2D eigenvalue weighted by Gasteiger charge is 2.07. The topological polar surface area (TPSA) is 32.3 Å². The van der Waals surface area contributed by atoms with E-state index in [1.807, 2.05) is 6.92 Å². The lowest BCUT2D eigenvalue weighted by Gasteiger charge is -2.23. The summed E-state index contributed by atoms with van der Waals surface area (Å²) in [5.41, 5.74) is 3.07. The van der Waals surface area contributed by atoms with Crippen LogP contribution in [0.2, 0.25) is 0 Å². The zero-order valence-electron chi connectivity index (χ0n) is 15.5. The Hall–Kier alpha value is -0.570. The van der Waals surface area contributed by atoms with Crippen molar-refractivity contribution in [2.24, 2.45) is 0 Å². The second-order valence-electron chi connectivity index (χ2n) is 6.41. The predicted octanol–water partition coefficient (Wildman–Crippen LogP) is 5.45. The lowest BCUT2D eigenvalue weighted by atomic mass is 10.1. The summed E-state index contributed by atoms with van der Waals surface area (Å²) in [5, 5.41) is 2.16. The molecule has 1 N–H and O–H groups in total. The van der Waals surface area contributed by atoms with Crippen molar-refractivity contribution >= 4 is 5.91 Å². The summed E-state index contributed by atoms with van der Waals surface area (Å²) in [6, 6.07) is 0. The van der Waals surface area contributed by atoms with Crippen LogP contribution in [0.3, 0.4) is 0 Å². The molecule has 0 fully saturated rings. The molecule has 0 spiro atoms. The first-order valence-electron chi connectivity index (χ1n) is 9.79. The summed E-state index contributed by atoms with van der Waals surface area (Å²) in [6.07, 6.45) is 16.2. The fourth-order valence-corrected chi connectivity index (χ4v) is 2.65. The molecule has 1 amide bonds. The van der Waals surface area contributed by atoms with Gasteiger partial charge >= 0.3 is 0 Å². The largest absolute Gasteiger partial charge is 0.289 e. The Morgan fingerprint density at radius 2 is 1.09 bits per heavy atom. The van der Waals surface area contributed by atoms with Gasteiger partial charge in [0.25, 0.3) is 0 Å². The highest BCUT2D eigenvalue weighted by Crippen LogP contribution is 2.08. The molecule has 0 aromatic heterocycles. The first kappa shape index (κ1) is 21.4. The zero-order valence-corrected chi connectivity index (χ0v) is 15.5. The molecule has 22 heavy (non-hydrogen) atoms. The molecular weight excluding hydrogens is 272 g/mol. The number of nitrogens with zero attached hydrogens (tertiary/aromatic N) is 1. The van der Waals surface area contributed by atoms with E-state index in [0.717, 1.165) is 13.1 Å². The highest BCUT2D eigenvalue weighted by atomic mass is 16.2. The van der Waals surface area contributed by atoms with E-state index in [-0.39, 0.29) is 5.91 Å². The van der Waals surface area contributed by atoms with Gasteiger partial charge in [0, 0.05) is 19.5 Å². The van der Waals surface area contributed by atoms with Crippen molar-refractivity contribution in [3.8, 4) is 0 Å². The Bertz CT molecular complexity index is 228. The number of hydrogen-bond donors (Lipinski definition) is 1. The molecule has 0 aliphatic heterocycles. The first-order valence-corrected chi connectivity index (χ1v) is 9.79. The van der Waals surface area contributed by atoms with E-state index in [1.54, 1.807) is 0 Å². The summed E-state index contributed by atoms with van der Waals surface area (Å²) >= 11 is 0. The number of hydrogen-bond acceptors (Lipinski definition) is 2. The number of nitrogens with one attached hydrogen (secondary N) is 1. The van der Waals surface area contributed by atoms with E-state index in [2.05, 4.69) is 24.3 Å². The smallest absolute Gasteiger partial charge is 0.233 e. The van der Waals surface area contributed by atoms with Crippen molar-refractivity contribution in [3.05, 3.63) is 0 Å². The van der Waals surface area contributed by atoms with Crippen LogP contribution < -0.4 is 5.43 Å². The van der Waals surface area contributed by atoms with Crippen molar-refractivity contribution in [1.82, 2.24) is 10.4 Å². The van der Waals surface area contributed by atoms with E-state index in [4.69, 9.17) is 0 Å². The Morgan fingerprint density at radius 1 is 0.682 bits per heavy atom. The van der Waals surface area contributed by atoms with Crippen LogP contribution in [-0.2, 0) is 4.79 Å². The molecule has 0 bridgehead atoms. The molecule has 0 aromatic carbocycles. The molecule has 3 nitrogen and oxygen atoms in total. The van der Waals surface area contributed by atoms with Gasteiger partial charge in [-0.15, -0.1) is 0 Å². The Morgan fingerprint density at radius 3 is 1.50 bits per heavy atom. The van der Waals surface area contributed by atoms with Crippen LogP contribution in [0.25, 0.3) is 0 Å². The van der Waals surface area contributed by atoms with Gasteiger partial charge in [-0.25, -0.2) is 5.01 Å². The summed E-state index contributed by atoms with van der Waals surface area (Å²) < 4.78 is 0. The van der Waals surface area contributed by atoms with E-state index < -0.39 is 0 Å². The van der Waals surface area contributed by atoms with Crippen LogP contribution in [0, 0.1) is 0 Å². The molecule has 0 atom stereocenters. The summed E-state index contributed by atoms with van der Waals surface area (Å²) in [5.74, 6) is 0.150. The number of hydrazine groups is 1. The Labute approximate surface area is 139 Å². The quantitative estimate of drug-likeness (QED) is 0.303. The highest BCUT2D eigenvalue weighted by molar-refractivity contribution is 5.74. The van der Waals surface area contributed by atoms with E-state index in [0.29, 0.717) is 6.42 Å². The molecule has 0 saturated heterocycles. The molecule has 0 radical (unpaired) electrons. The van der Waals surface area contributed by atoms with E-state index in [9.17, 15) is 4.79 Å². The average Bonchev–Trinajstić information content (AvgIpc) is 2.53. The maximum atomic E-state index is 11.6. The SMILES string of the molecule is CCCCCCCCN(CCCCCCCC)NC(=O)CC. The molecule has 0 heterocycles. The molecule has 132 valence electrons. The minimum absolute atomic E-state index is 0.150. The van der Waals surface area contributed by atoms with E-state index >= 15 is 0 Å². The van der Waals surface area contributed by atoms with Gasteiger partial charge in [-0.05, 0) is 12.8 Å². The normalized spacial score (nSPS) is 11.1. The van der Waals surface area contributed by atoms with Gasteiger partial charge in [0.05, 0.1) is 0 Å². The zero-order chi connectivity index (χ0) is 16.5. The van der Waals surface area contributed by atoms with Gasteiger partial charge in [0.2, 0.25) is 5.91 Å². The van der Waals surface area contributed by atoms with Crippen molar-refractivity contribution < 1.29 is 4.79 Å². The van der Waals surface area contributed by atoms with Crippen molar-refractivity contribution in [1.29, 1.82) is 0 Å². The van der Waals surface area contributed by atoms with Crippen LogP contribution in [0.5, 0.6) is 0 Å². The number of carbonyl (C=O) groups excluding carboxylic acids is 1. The number of rotatable bonds is 16. The van der Waals surface area contributed by atoms with Gasteiger partial charge < -0.3 is 0 Å². The lowest BCUT2D eigenvalue weighted by Crippen LogP contribution is -2.43. The second kappa shape index (κ2) is 16.8. The molecular formula is C19H40N2O. The Kier molecular flexibility index (Phi) is 16.4. The van der Waals surface area contributed by atoms with Gasteiger partial charge in [0.15, 0.2) is 0 Å². The Balaban J connectivity index is 3.77. The number of carbonyl (C=O) groups is 1. The molecule has 0 aromatic rings. The maximum Gasteiger partial charge on any atom is 0.233 e. The number of unbranched alkanes of at least 4 members (excludes halogenated alkanes) is 10. The summed E-state index contributed by atoms with van der Waals surface area (Å²) in [6.45, 7) is 8.44. The predicted molar refractivity (Wildman–Crippen MR) is 96.8 cm³/mol. The molecule has 0 saturated carbocycles. The standard InChI is InChI=1S/C19H40N2O/c1-4-7-9-11-13-15-17-21(20-19(22)6-3)18-16-14-12-10-8-5-2/h4-18H2,1-3H3,(H,20,22). The third kappa shape index (κ3) is 14.4. The minimum Gasteiger partial charge on any atom is -0.289 e. The van der Waals surface area contributed by atoms with Gasteiger partial charge in [-0.1, -0.05) is 85.0 Å². The van der Waals surface area contributed by atoms with Crippen molar-refractivity contribution in [2.45, 2.75) is 104 Å². The van der Waals surface area contributed by atoms with Gasteiger partial charge in [0.1, 0.15) is 0 Å². The molecule has 0 aliphatic rings. The van der Waals surface area contributed by atoms with Crippen molar-refractivity contribution in [2.75, 3.05) is 13.1 Å². The number of amides is 1. The average molecular weight is 313 g/mol. The van der Waals surface area contributed by atoms with Crippen molar-refractivity contribution in [3.63, 3.8) is 0 Å². The van der Waals surface area contributed by atoms with Crippen LogP contribution in [-0.4, -0.2) is 24.0 Å². The van der Waals surface area contributed by atoms with Gasteiger partial charge in [-0.3, -0.25) is 10.2 Å².